The number of aliphatic imine (C=N–C) groups is 1. The fraction of sp³-hybridized carbons (Fsp3) is 0.185. The maximum Gasteiger partial charge on any atom is 0.141 e. The number of hydrogen-bond acceptors (Lipinski definition) is 3. The predicted molar refractivity (Wildman–Crippen MR) is 134 cm³/mol. The van der Waals surface area contributed by atoms with Gasteiger partial charge in [0.15, 0.2) is 0 Å². The second kappa shape index (κ2) is 9.96. The van der Waals surface area contributed by atoms with Gasteiger partial charge in [0.05, 0.1) is 6.20 Å². The van der Waals surface area contributed by atoms with Crippen LogP contribution in [0, 0.1) is 6.92 Å². The zero-order valence-corrected chi connectivity index (χ0v) is 18.8. The summed E-state index contributed by atoms with van der Waals surface area (Å²) in [6, 6.07) is 25.3. The zero-order chi connectivity index (χ0) is 22.3. The van der Waals surface area contributed by atoms with Crippen molar-refractivity contribution in [2.75, 3.05) is 5.32 Å². The third-order valence-electron chi connectivity index (χ3n) is 5.42. The van der Waals surface area contributed by atoms with E-state index in [4.69, 9.17) is 4.99 Å². The minimum Gasteiger partial charge on any atom is -0.364 e. The van der Waals surface area contributed by atoms with E-state index in [0.717, 1.165) is 35.0 Å². The average Bonchev–Trinajstić information content (AvgIpc) is 3.32. The SMILES string of the molecule is CC/C=C(/N=C(/Nc1ccn[nH]1)c1ccccc1C)NC(C)c1ccc2ccccc2c1. The lowest BCUT2D eigenvalue weighted by molar-refractivity contribution is 0.646. The number of aryl methyl sites for hydroxylation is 1. The van der Waals surface area contributed by atoms with Crippen LogP contribution in [0.5, 0.6) is 0 Å². The molecule has 0 saturated heterocycles. The Morgan fingerprint density at radius 1 is 1.03 bits per heavy atom. The zero-order valence-electron chi connectivity index (χ0n) is 18.8. The van der Waals surface area contributed by atoms with Gasteiger partial charge in [-0.05, 0) is 54.3 Å². The fourth-order valence-corrected chi connectivity index (χ4v) is 3.68. The number of fused-ring (bicyclic) bond motifs is 1. The van der Waals surface area contributed by atoms with Crippen molar-refractivity contribution in [1.82, 2.24) is 15.5 Å². The van der Waals surface area contributed by atoms with Crippen LogP contribution in [0.15, 0.2) is 95.9 Å². The van der Waals surface area contributed by atoms with E-state index in [0.29, 0.717) is 0 Å². The molecule has 0 aliphatic carbocycles. The molecule has 0 aliphatic rings. The van der Waals surface area contributed by atoms with Crippen LogP contribution >= 0.6 is 0 Å². The number of allylic oxidation sites excluding steroid dienone is 1. The maximum atomic E-state index is 5.01. The van der Waals surface area contributed by atoms with E-state index in [1.54, 1.807) is 6.20 Å². The lowest BCUT2D eigenvalue weighted by atomic mass is 10.0. The Hall–Kier alpha value is -3.86. The van der Waals surface area contributed by atoms with Gasteiger partial charge in [-0.15, -0.1) is 0 Å². The van der Waals surface area contributed by atoms with Crippen molar-refractivity contribution in [2.24, 2.45) is 4.99 Å². The molecule has 0 aliphatic heterocycles. The first kappa shape index (κ1) is 21.4. The van der Waals surface area contributed by atoms with Gasteiger partial charge in [-0.1, -0.05) is 67.6 Å². The van der Waals surface area contributed by atoms with Crippen LogP contribution in [0.1, 0.15) is 43.0 Å². The Labute approximate surface area is 189 Å². The van der Waals surface area contributed by atoms with Crippen LogP contribution in [0.25, 0.3) is 10.8 Å². The van der Waals surface area contributed by atoms with Crippen molar-refractivity contribution < 1.29 is 0 Å². The molecule has 3 N–H and O–H groups in total. The van der Waals surface area contributed by atoms with Crippen molar-refractivity contribution in [1.29, 1.82) is 0 Å². The molecule has 0 fully saturated rings. The standard InChI is InChI=1S/C27H29N5/c1-4-9-25(29-20(3)22-15-14-21-11-6-7-12-23(21)18-22)30-27(31-26-16-17-28-32-26)24-13-8-5-10-19(24)2/h5-18,20,29H,4H2,1-3H3,(H2,28,30,31,32)/b25-9+. The average molecular weight is 424 g/mol. The van der Waals surface area contributed by atoms with Crippen molar-refractivity contribution >= 4 is 22.4 Å². The Balaban J connectivity index is 1.65. The summed E-state index contributed by atoms with van der Waals surface area (Å²) in [6.45, 7) is 6.38. The van der Waals surface area contributed by atoms with Crippen molar-refractivity contribution in [3.05, 3.63) is 108 Å². The Morgan fingerprint density at radius 2 is 1.81 bits per heavy atom. The van der Waals surface area contributed by atoms with Crippen LogP contribution in [0.4, 0.5) is 5.82 Å². The second-order valence-electron chi connectivity index (χ2n) is 7.84. The van der Waals surface area contributed by atoms with E-state index in [1.165, 1.54) is 16.3 Å². The first-order valence-electron chi connectivity index (χ1n) is 11.0. The molecular weight excluding hydrogens is 394 g/mol. The van der Waals surface area contributed by atoms with Crippen molar-refractivity contribution in [3.8, 4) is 0 Å². The highest BCUT2D eigenvalue weighted by Crippen LogP contribution is 2.22. The van der Waals surface area contributed by atoms with Crippen LogP contribution in [-0.2, 0) is 0 Å². The van der Waals surface area contributed by atoms with Gasteiger partial charge in [0.1, 0.15) is 17.5 Å². The highest BCUT2D eigenvalue weighted by molar-refractivity contribution is 6.09. The summed E-state index contributed by atoms with van der Waals surface area (Å²) in [7, 11) is 0. The van der Waals surface area contributed by atoms with Crippen LogP contribution in [-0.4, -0.2) is 16.0 Å². The Kier molecular flexibility index (Phi) is 6.66. The first-order chi connectivity index (χ1) is 15.6. The molecule has 162 valence electrons. The van der Waals surface area contributed by atoms with Gasteiger partial charge in [-0.25, -0.2) is 4.99 Å². The monoisotopic (exact) mass is 423 g/mol. The van der Waals surface area contributed by atoms with Crippen LogP contribution in [0.3, 0.4) is 0 Å². The van der Waals surface area contributed by atoms with Gasteiger partial charge >= 0.3 is 0 Å². The third kappa shape index (κ3) is 5.06. The smallest absolute Gasteiger partial charge is 0.141 e. The van der Waals surface area contributed by atoms with E-state index >= 15 is 0 Å². The summed E-state index contributed by atoms with van der Waals surface area (Å²) in [6.07, 6.45) is 4.71. The lowest BCUT2D eigenvalue weighted by Crippen LogP contribution is -2.21. The molecule has 5 heteroatoms. The van der Waals surface area contributed by atoms with Crippen LogP contribution in [0.2, 0.25) is 0 Å². The molecule has 0 saturated carbocycles. The molecule has 0 bridgehead atoms. The van der Waals surface area contributed by atoms with Gasteiger partial charge < -0.3 is 10.6 Å². The molecule has 1 unspecified atom stereocenters. The Morgan fingerprint density at radius 3 is 2.56 bits per heavy atom. The number of aromatic amines is 1. The number of hydrogen-bond donors (Lipinski definition) is 3. The van der Waals surface area contributed by atoms with E-state index in [9.17, 15) is 0 Å². The quantitative estimate of drug-likeness (QED) is 0.240. The van der Waals surface area contributed by atoms with Crippen LogP contribution < -0.4 is 10.6 Å². The number of nitrogens with one attached hydrogen (secondary N) is 3. The largest absolute Gasteiger partial charge is 0.364 e. The molecule has 0 spiro atoms. The molecule has 0 radical (unpaired) electrons. The number of H-pyrrole nitrogens is 1. The third-order valence-corrected chi connectivity index (χ3v) is 5.42. The van der Waals surface area contributed by atoms with E-state index in [2.05, 4.69) is 102 Å². The summed E-state index contributed by atoms with van der Waals surface area (Å²) in [5.74, 6) is 2.40. The summed E-state index contributed by atoms with van der Waals surface area (Å²) >= 11 is 0. The van der Waals surface area contributed by atoms with Gasteiger partial charge in [-0.2, -0.15) is 5.10 Å². The molecule has 1 heterocycles. The predicted octanol–water partition coefficient (Wildman–Crippen LogP) is 6.33. The van der Waals surface area contributed by atoms with E-state index in [1.807, 2.05) is 18.2 Å². The van der Waals surface area contributed by atoms with Gasteiger partial charge in [0.2, 0.25) is 0 Å². The number of rotatable bonds is 7. The fourth-order valence-electron chi connectivity index (χ4n) is 3.68. The van der Waals surface area contributed by atoms with Gasteiger partial charge in [0, 0.05) is 17.7 Å². The molecule has 4 rings (SSSR count). The number of benzene rings is 3. The molecule has 1 atom stereocenters. The number of anilines is 1. The molecule has 32 heavy (non-hydrogen) atoms. The first-order valence-corrected chi connectivity index (χ1v) is 11.0. The number of aromatic nitrogens is 2. The molecule has 3 aromatic carbocycles. The molecule has 5 nitrogen and oxygen atoms in total. The summed E-state index contributed by atoms with van der Waals surface area (Å²) in [5.41, 5.74) is 3.42. The molecule has 4 aromatic rings. The van der Waals surface area contributed by atoms with Crippen molar-refractivity contribution in [2.45, 2.75) is 33.2 Å². The van der Waals surface area contributed by atoms with Gasteiger partial charge in [0.25, 0.3) is 0 Å². The summed E-state index contributed by atoms with van der Waals surface area (Å²) in [4.78, 5) is 5.01. The van der Waals surface area contributed by atoms with E-state index in [-0.39, 0.29) is 6.04 Å². The minimum atomic E-state index is 0.103. The molecular formula is C27H29N5. The summed E-state index contributed by atoms with van der Waals surface area (Å²) < 4.78 is 0. The lowest BCUT2D eigenvalue weighted by Gasteiger charge is -2.18. The number of nitrogens with zero attached hydrogens (tertiary/aromatic N) is 2. The highest BCUT2D eigenvalue weighted by Gasteiger charge is 2.12. The van der Waals surface area contributed by atoms with Gasteiger partial charge in [-0.3, -0.25) is 5.10 Å². The maximum absolute atomic E-state index is 5.01. The normalized spacial score (nSPS) is 13.2. The topological polar surface area (TPSA) is 65.1 Å². The molecule has 0 amide bonds. The minimum absolute atomic E-state index is 0.103. The number of amidine groups is 1. The summed E-state index contributed by atoms with van der Waals surface area (Å²) in [5, 5.41) is 16.5. The second-order valence-corrected chi connectivity index (χ2v) is 7.84. The van der Waals surface area contributed by atoms with Crippen molar-refractivity contribution in [3.63, 3.8) is 0 Å². The van der Waals surface area contributed by atoms with E-state index < -0.39 is 0 Å². The molecule has 1 aromatic heterocycles. The Bertz CT molecular complexity index is 1240. The highest BCUT2D eigenvalue weighted by atomic mass is 15.2.